The summed E-state index contributed by atoms with van der Waals surface area (Å²) in [6.45, 7) is 11.0. The van der Waals surface area contributed by atoms with Crippen molar-refractivity contribution in [3.05, 3.63) is 37.2 Å². The molecule has 0 saturated carbocycles. The second kappa shape index (κ2) is 9.82. The van der Waals surface area contributed by atoms with Crippen LogP contribution in [-0.2, 0) is 9.59 Å². The Balaban J connectivity index is 0.00000154. The van der Waals surface area contributed by atoms with Gasteiger partial charge in [-0.05, 0) is 12.5 Å². The first kappa shape index (κ1) is 16.8. The van der Waals surface area contributed by atoms with E-state index < -0.39 is 6.04 Å². The maximum absolute atomic E-state index is 11.5. The Morgan fingerprint density at radius 2 is 2.11 bits per heavy atom. The van der Waals surface area contributed by atoms with Crippen molar-refractivity contribution < 1.29 is 9.59 Å². The number of nitrogens with zero attached hydrogens (tertiary/aromatic N) is 1. The SMILES string of the molecule is C=C/C=C(\C=NC=C)NC1CCC(=O)NC1=O.CC. The third-order valence-electron chi connectivity index (χ3n) is 2.20. The topological polar surface area (TPSA) is 70.6 Å². The molecule has 0 aliphatic carbocycles. The van der Waals surface area contributed by atoms with Gasteiger partial charge in [0.15, 0.2) is 0 Å². The predicted octanol–water partition coefficient (Wildman–Crippen LogP) is 1.69. The molecule has 0 spiro atoms. The molecule has 5 heteroatoms. The molecule has 0 aromatic carbocycles. The van der Waals surface area contributed by atoms with Gasteiger partial charge >= 0.3 is 0 Å². The van der Waals surface area contributed by atoms with E-state index in [1.165, 1.54) is 6.20 Å². The average Bonchev–Trinajstić information content (AvgIpc) is 2.41. The van der Waals surface area contributed by atoms with E-state index >= 15 is 0 Å². The molecule has 1 saturated heterocycles. The lowest BCUT2D eigenvalue weighted by Gasteiger charge is -2.22. The molecule has 0 aromatic heterocycles. The Kier molecular flexibility index (Phi) is 8.70. The minimum absolute atomic E-state index is 0.234. The molecule has 0 aromatic rings. The highest BCUT2D eigenvalue weighted by molar-refractivity contribution is 6.00. The quantitative estimate of drug-likeness (QED) is 0.450. The van der Waals surface area contributed by atoms with E-state index in [-0.39, 0.29) is 11.8 Å². The molecule has 19 heavy (non-hydrogen) atoms. The summed E-state index contributed by atoms with van der Waals surface area (Å²) >= 11 is 0. The van der Waals surface area contributed by atoms with Crippen LogP contribution in [0, 0.1) is 0 Å². The fourth-order valence-electron chi connectivity index (χ4n) is 1.42. The van der Waals surface area contributed by atoms with Crippen molar-refractivity contribution in [2.45, 2.75) is 32.7 Å². The zero-order chi connectivity index (χ0) is 14.7. The maximum Gasteiger partial charge on any atom is 0.249 e. The molecule has 1 aliphatic heterocycles. The Labute approximate surface area is 114 Å². The van der Waals surface area contributed by atoms with Crippen LogP contribution in [0.15, 0.2) is 42.2 Å². The summed E-state index contributed by atoms with van der Waals surface area (Å²) < 4.78 is 0. The van der Waals surface area contributed by atoms with E-state index in [0.29, 0.717) is 18.5 Å². The van der Waals surface area contributed by atoms with Crippen LogP contribution in [0.4, 0.5) is 0 Å². The summed E-state index contributed by atoms with van der Waals surface area (Å²) in [5, 5.41) is 5.27. The minimum atomic E-state index is -0.421. The Morgan fingerprint density at radius 1 is 1.42 bits per heavy atom. The molecule has 1 fully saturated rings. The van der Waals surface area contributed by atoms with Crippen molar-refractivity contribution in [1.29, 1.82) is 0 Å². The van der Waals surface area contributed by atoms with Crippen LogP contribution in [0.1, 0.15) is 26.7 Å². The van der Waals surface area contributed by atoms with Gasteiger partial charge in [-0.1, -0.05) is 33.1 Å². The van der Waals surface area contributed by atoms with Gasteiger partial charge in [0.1, 0.15) is 6.04 Å². The van der Waals surface area contributed by atoms with Crippen LogP contribution in [0.3, 0.4) is 0 Å². The van der Waals surface area contributed by atoms with Crippen molar-refractivity contribution in [2.75, 3.05) is 0 Å². The lowest BCUT2D eigenvalue weighted by atomic mass is 10.1. The number of carbonyl (C=O) groups is 2. The number of imide groups is 1. The smallest absolute Gasteiger partial charge is 0.249 e. The van der Waals surface area contributed by atoms with Gasteiger partial charge in [0.05, 0.1) is 5.70 Å². The number of piperidine rings is 1. The van der Waals surface area contributed by atoms with Crippen molar-refractivity contribution >= 4 is 18.0 Å². The maximum atomic E-state index is 11.5. The largest absolute Gasteiger partial charge is 0.372 e. The summed E-state index contributed by atoms with van der Waals surface area (Å²) in [7, 11) is 0. The van der Waals surface area contributed by atoms with Gasteiger partial charge in [-0.15, -0.1) is 0 Å². The fraction of sp³-hybridized carbons (Fsp3) is 0.357. The molecule has 0 radical (unpaired) electrons. The van der Waals surface area contributed by atoms with Gasteiger partial charge in [-0.3, -0.25) is 19.9 Å². The fourth-order valence-corrected chi connectivity index (χ4v) is 1.42. The molecule has 0 bridgehead atoms. The zero-order valence-corrected chi connectivity index (χ0v) is 11.5. The highest BCUT2D eigenvalue weighted by Crippen LogP contribution is 2.06. The van der Waals surface area contributed by atoms with Gasteiger partial charge < -0.3 is 5.32 Å². The van der Waals surface area contributed by atoms with E-state index in [4.69, 9.17) is 0 Å². The van der Waals surface area contributed by atoms with Crippen molar-refractivity contribution in [2.24, 2.45) is 4.99 Å². The highest BCUT2D eigenvalue weighted by atomic mass is 16.2. The van der Waals surface area contributed by atoms with E-state index in [0.717, 1.165) is 0 Å². The summed E-state index contributed by atoms with van der Waals surface area (Å²) in [6.07, 6.45) is 7.02. The van der Waals surface area contributed by atoms with Crippen molar-refractivity contribution in [3.63, 3.8) is 0 Å². The monoisotopic (exact) mass is 263 g/mol. The molecular weight excluding hydrogens is 242 g/mol. The van der Waals surface area contributed by atoms with E-state index in [1.807, 2.05) is 13.8 Å². The van der Waals surface area contributed by atoms with Crippen LogP contribution >= 0.6 is 0 Å². The third-order valence-corrected chi connectivity index (χ3v) is 2.20. The van der Waals surface area contributed by atoms with Crippen LogP contribution in [0.5, 0.6) is 0 Å². The van der Waals surface area contributed by atoms with Gasteiger partial charge in [-0.25, -0.2) is 0 Å². The number of nitrogens with one attached hydrogen (secondary N) is 2. The lowest BCUT2D eigenvalue weighted by molar-refractivity contribution is -0.134. The predicted molar refractivity (Wildman–Crippen MR) is 77.6 cm³/mol. The first-order chi connectivity index (χ1) is 9.17. The standard InChI is InChI=1S/C12H15N3O2.C2H6/c1-3-5-9(8-13-4-2)14-10-6-7-11(16)15-12(10)17;1-2/h3-5,8,10,14H,1-2,6-7H2,(H,15,16,17);1-2H3/b9-5+,13-8?;. The second-order valence-electron chi connectivity index (χ2n) is 3.47. The van der Waals surface area contributed by atoms with Crippen molar-refractivity contribution in [3.8, 4) is 0 Å². The Hall–Kier alpha value is -2.17. The molecule has 2 N–H and O–H groups in total. The second-order valence-corrected chi connectivity index (χ2v) is 3.47. The first-order valence-electron chi connectivity index (χ1n) is 6.24. The van der Waals surface area contributed by atoms with Crippen LogP contribution in [0.25, 0.3) is 0 Å². The first-order valence-corrected chi connectivity index (χ1v) is 6.24. The number of hydrogen-bond acceptors (Lipinski definition) is 4. The summed E-state index contributed by atoms with van der Waals surface area (Å²) in [6, 6.07) is -0.421. The van der Waals surface area contributed by atoms with E-state index in [1.54, 1.807) is 18.4 Å². The molecule has 1 atom stereocenters. The Morgan fingerprint density at radius 3 is 2.63 bits per heavy atom. The van der Waals surface area contributed by atoms with Crippen molar-refractivity contribution in [1.82, 2.24) is 10.6 Å². The lowest BCUT2D eigenvalue weighted by Crippen LogP contribution is -2.50. The number of hydrogen-bond donors (Lipinski definition) is 2. The summed E-state index contributed by atoms with van der Waals surface area (Å²) in [5.41, 5.74) is 0.648. The Bertz CT molecular complexity index is 397. The van der Waals surface area contributed by atoms with Gasteiger partial charge in [0.25, 0.3) is 0 Å². The van der Waals surface area contributed by atoms with Gasteiger partial charge in [0.2, 0.25) is 11.8 Å². The minimum Gasteiger partial charge on any atom is -0.372 e. The molecule has 104 valence electrons. The van der Waals surface area contributed by atoms with Crippen LogP contribution in [0.2, 0.25) is 0 Å². The number of allylic oxidation sites excluding steroid dienone is 3. The summed E-state index contributed by atoms with van der Waals surface area (Å²) in [4.78, 5) is 26.3. The van der Waals surface area contributed by atoms with Crippen LogP contribution < -0.4 is 10.6 Å². The molecule has 1 rings (SSSR count). The number of aliphatic imine (C=N–C) groups is 1. The zero-order valence-electron chi connectivity index (χ0n) is 11.5. The van der Waals surface area contributed by atoms with E-state index in [9.17, 15) is 9.59 Å². The highest BCUT2D eigenvalue weighted by Gasteiger charge is 2.26. The normalized spacial score (nSPS) is 19.3. The number of carbonyl (C=O) groups excluding carboxylic acids is 2. The molecule has 1 unspecified atom stereocenters. The molecular formula is C14H21N3O2. The summed E-state index contributed by atoms with van der Waals surface area (Å²) in [5.74, 6) is -0.551. The average molecular weight is 263 g/mol. The molecule has 1 heterocycles. The third kappa shape index (κ3) is 6.35. The van der Waals surface area contributed by atoms with Gasteiger partial charge in [-0.2, -0.15) is 0 Å². The van der Waals surface area contributed by atoms with Crippen LogP contribution in [-0.4, -0.2) is 24.1 Å². The molecule has 1 aliphatic rings. The van der Waals surface area contributed by atoms with Gasteiger partial charge in [0, 0.05) is 18.8 Å². The number of amides is 2. The number of rotatable bonds is 5. The van der Waals surface area contributed by atoms with E-state index in [2.05, 4.69) is 28.8 Å². The molecule has 2 amide bonds. The molecule has 5 nitrogen and oxygen atoms in total.